The maximum absolute atomic E-state index is 13.1. The first-order valence-electron chi connectivity index (χ1n) is 9.86. The van der Waals surface area contributed by atoms with Crippen molar-refractivity contribution in [2.45, 2.75) is 38.8 Å². The Bertz CT molecular complexity index is 735. The van der Waals surface area contributed by atoms with Gasteiger partial charge >= 0.3 is 11.9 Å². The van der Waals surface area contributed by atoms with Crippen molar-refractivity contribution in [1.82, 2.24) is 9.80 Å². The summed E-state index contributed by atoms with van der Waals surface area (Å²) in [7, 11) is 1.35. The fourth-order valence-electron chi connectivity index (χ4n) is 4.07. The topological polar surface area (TPSA) is 76.2 Å². The van der Waals surface area contributed by atoms with Crippen LogP contribution in [0, 0.1) is 5.92 Å². The minimum absolute atomic E-state index is 0.116. The minimum atomic E-state index is -0.613. The summed E-state index contributed by atoms with van der Waals surface area (Å²) in [5.41, 5.74) is 2.13. The third-order valence-corrected chi connectivity index (χ3v) is 5.53. The van der Waals surface area contributed by atoms with E-state index < -0.39 is 12.0 Å². The lowest BCUT2D eigenvalue weighted by atomic mass is 9.93. The highest BCUT2D eigenvalue weighted by molar-refractivity contribution is 5.86. The number of rotatable bonds is 5. The number of methoxy groups -OCH3 is 1. The highest BCUT2D eigenvalue weighted by Gasteiger charge is 2.36. The van der Waals surface area contributed by atoms with Crippen LogP contribution < -0.4 is 0 Å². The van der Waals surface area contributed by atoms with E-state index in [4.69, 9.17) is 9.47 Å². The van der Waals surface area contributed by atoms with E-state index in [0.717, 1.165) is 30.5 Å². The van der Waals surface area contributed by atoms with E-state index in [0.29, 0.717) is 26.1 Å². The van der Waals surface area contributed by atoms with E-state index in [1.807, 2.05) is 29.2 Å². The van der Waals surface area contributed by atoms with Crippen LogP contribution in [0.2, 0.25) is 0 Å². The Morgan fingerprint density at radius 2 is 1.89 bits per heavy atom. The third-order valence-electron chi connectivity index (χ3n) is 5.53. The molecule has 0 radical (unpaired) electrons. The lowest BCUT2D eigenvalue weighted by Crippen LogP contribution is -2.53. The van der Waals surface area contributed by atoms with E-state index in [-0.39, 0.29) is 24.3 Å². The van der Waals surface area contributed by atoms with Crippen LogP contribution in [0.15, 0.2) is 24.3 Å². The van der Waals surface area contributed by atoms with Gasteiger partial charge in [-0.25, -0.2) is 4.79 Å². The van der Waals surface area contributed by atoms with Gasteiger partial charge in [-0.3, -0.25) is 14.5 Å². The van der Waals surface area contributed by atoms with Crippen molar-refractivity contribution >= 4 is 17.8 Å². The van der Waals surface area contributed by atoms with Crippen LogP contribution in [-0.2, 0) is 36.8 Å². The normalized spacial score (nSPS) is 22.3. The molecule has 0 aromatic heterocycles. The highest BCUT2D eigenvalue weighted by atomic mass is 16.5. The first-order valence-corrected chi connectivity index (χ1v) is 9.86. The molecular formula is C21H28N2O5. The van der Waals surface area contributed by atoms with Gasteiger partial charge in [0.1, 0.15) is 6.04 Å². The number of nitrogens with zero attached hydrogens (tertiary/aromatic N) is 2. The summed E-state index contributed by atoms with van der Waals surface area (Å²) in [4.78, 5) is 41.0. The van der Waals surface area contributed by atoms with Gasteiger partial charge in [0.05, 0.1) is 26.2 Å². The van der Waals surface area contributed by atoms with Gasteiger partial charge in [-0.05, 0) is 37.4 Å². The SMILES string of the molecule is CCOC(=O)C1CCCN(CC(=O)N2Cc3ccccc3CC2C(=O)OC)C1. The molecule has 152 valence electrons. The van der Waals surface area contributed by atoms with Gasteiger partial charge < -0.3 is 14.4 Å². The highest BCUT2D eigenvalue weighted by Crippen LogP contribution is 2.25. The smallest absolute Gasteiger partial charge is 0.328 e. The van der Waals surface area contributed by atoms with Crippen LogP contribution in [0.4, 0.5) is 0 Å². The zero-order valence-electron chi connectivity index (χ0n) is 16.6. The van der Waals surface area contributed by atoms with Gasteiger partial charge in [0.2, 0.25) is 5.91 Å². The van der Waals surface area contributed by atoms with Gasteiger partial charge in [-0.2, -0.15) is 0 Å². The van der Waals surface area contributed by atoms with E-state index in [2.05, 4.69) is 0 Å². The number of esters is 2. The molecule has 0 spiro atoms. The summed E-state index contributed by atoms with van der Waals surface area (Å²) in [6.07, 6.45) is 2.09. The molecule has 1 aromatic rings. The minimum Gasteiger partial charge on any atom is -0.467 e. The Hall–Kier alpha value is -2.41. The quantitative estimate of drug-likeness (QED) is 0.710. The molecule has 7 nitrogen and oxygen atoms in total. The number of ether oxygens (including phenoxy) is 2. The van der Waals surface area contributed by atoms with Gasteiger partial charge in [0, 0.05) is 19.5 Å². The predicted molar refractivity (Wildman–Crippen MR) is 102 cm³/mol. The molecule has 28 heavy (non-hydrogen) atoms. The molecule has 1 fully saturated rings. The summed E-state index contributed by atoms with van der Waals surface area (Å²) in [6.45, 7) is 4.01. The van der Waals surface area contributed by atoms with Gasteiger partial charge in [0.25, 0.3) is 0 Å². The molecule has 2 unspecified atom stereocenters. The standard InChI is InChI=1S/C21H28N2O5/c1-3-28-20(25)17-9-6-10-22(12-17)14-19(24)23-13-16-8-5-4-7-15(16)11-18(23)21(26)27-2/h4-5,7-8,17-18H,3,6,9-14H2,1-2H3. The molecule has 1 saturated heterocycles. The molecule has 2 atom stereocenters. The lowest BCUT2D eigenvalue weighted by Gasteiger charge is -2.37. The summed E-state index contributed by atoms with van der Waals surface area (Å²) in [5, 5.41) is 0. The molecule has 0 aliphatic carbocycles. The summed E-state index contributed by atoms with van der Waals surface area (Å²) in [6, 6.07) is 7.24. The van der Waals surface area contributed by atoms with E-state index >= 15 is 0 Å². The first kappa shape index (κ1) is 20.3. The van der Waals surface area contributed by atoms with E-state index in [1.165, 1.54) is 7.11 Å². The number of hydrogen-bond acceptors (Lipinski definition) is 6. The zero-order chi connectivity index (χ0) is 20.1. The average Bonchev–Trinajstić information content (AvgIpc) is 2.72. The van der Waals surface area contributed by atoms with Gasteiger partial charge in [-0.1, -0.05) is 24.3 Å². The predicted octanol–water partition coefficient (Wildman–Crippen LogP) is 1.39. The molecule has 2 heterocycles. The second-order valence-electron chi connectivity index (χ2n) is 7.36. The number of hydrogen-bond donors (Lipinski definition) is 0. The van der Waals surface area contributed by atoms with Gasteiger partial charge in [0.15, 0.2) is 0 Å². The number of fused-ring (bicyclic) bond motifs is 1. The monoisotopic (exact) mass is 388 g/mol. The molecule has 7 heteroatoms. The molecule has 0 bridgehead atoms. The number of carbonyl (C=O) groups is 3. The largest absolute Gasteiger partial charge is 0.467 e. The maximum atomic E-state index is 13.1. The van der Waals surface area contributed by atoms with E-state index in [1.54, 1.807) is 11.8 Å². The number of benzene rings is 1. The second kappa shape index (κ2) is 9.19. The van der Waals surface area contributed by atoms with E-state index in [9.17, 15) is 14.4 Å². The van der Waals surface area contributed by atoms with Crippen molar-refractivity contribution in [3.05, 3.63) is 35.4 Å². The van der Waals surface area contributed by atoms with Crippen LogP contribution >= 0.6 is 0 Å². The summed E-state index contributed by atoms with van der Waals surface area (Å²) in [5.74, 6) is -0.903. The number of piperidine rings is 1. The van der Waals surface area contributed by atoms with Crippen molar-refractivity contribution in [3.8, 4) is 0 Å². The number of carbonyl (C=O) groups excluding carboxylic acids is 3. The summed E-state index contributed by atoms with van der Waals surface area (Å²) >= 11 is 0. The Labute approximate surface area is 165 Å². The molecule has 1 amide bonds. The fourth-order valence-corrected chi connectivity index (χ4v) is 4.07. The van der Waals surface area contributed by atoms with Crippen molar-refractivity contribution in [2.75, 3.05) is 33.4 Å². The fraction of sp³-hybridized carbons (Fsp3) is 0.571. The maximum Gasteiger partial charge on any atom is 0.328 e. The molecule has 0 N–H and O–H groups in total. The molecule has 0 saturated carbocycles. The van der Waals surface area contributed by atoms with Crippen molar-refractivity contribution < 1.29 is 23.9 Å². The van der Waals surface area contributed by atoms with Crippen LogP contribution in [0.25, 0.3) is 0 Å². The van der Waals surface area contributed by atoms with Crippen LogP contribution in [0.3, 0.4) is 0 Å². The van der Waals surface area contributed by atoms with Crippen molar-refractivity contribution in [3.63, 3.8) is 0 Å². The Morgan fingerprint density at radius 3 is 2.61 bits per heavy atom. The Morgan fingerprint density at radius 1 is 1.14 bits per heavy atom. The average molecular weight is 388 g/mol. The molecular weight excluding hydrogens is 360 g/mol. The zero-order valence-corrected chi connectivity index (χ0v) is 16.6. The van der Waals surface area contributed by atoms with Crippen LogP contribution in [-0.4, -0.2) is 67.0 Å². The molecule has 1 aromatic carbocycles. The molecule has 2 aliphatic rings. The van der Waals surface area contributed by atoms with Crippen LogP contribution in [0.1, 0.15) is 30.9 Å². The Kier molecular flexibility index (Phi) is 6.67. The third kappa shape index (κ3) is 4.52. The van der Waals surface area contributed by atoms with Crippen molar-refractivity contribution in [2.24, 2.45) is 5.92 Å². The number of likely N-dealkylation sites (tertiary alicyclic amines) is 1. The van der Waals surface area contributed by atoms with Crippen molar-refractivity contribution in [1.29, 1.82) is 0 Å². The van der Waals surface area contributed by atoms with Crippen LogP contribution in [0.5, 0.6) is 0 Å². The van der Waals surface area contributed by atoms with Gasteiger partial charge in [-0.15, -0.1) is 0 Å². The first-order chi connectivity index (χ1) is 13.5. The Balaban J connectivity index is 1.69. The summed E-state index contributed by atoms with van der Waals surface area (Å²) < 4.78 is 10.1. The second-order valence-corrected chi connectivity index (χ2v) is 7.36. The lowest BCUT2D eigenvalue weighted by molar-refractivity contribution is -0.155. The molecule has 2 aliphatic heterocycles. The number of amides is 1. The molecule has 3 rings (SSSR count).